The number of thiophene rings is 1. The Balaban J connectivity index is 1.30. The second-order valence-electron chi connectivity index (χ2n) is 7.98. The zero-order valence-corrected chi connectivity index (χ0v) is 19.4. The lowest BCUT2D eigenvalue weighted by Crippen LogP contribution is -2.31. The molecule has 0 spiro atoms. The molecular formula is C22H28BrN5S. The van der Waals surface area contributed by atoms with E-state index in [2.05, 4.69) is 55.7 Å². The van der Waals surface area contributed by atoms with E-state index >= 15 is 0 Å². The zero-order chi connectivity index (χ0) is 20.2. The summed E-state index contributed by atoms with van der Waals surface area (Å²) in [5.74, 6) is 2.47. The minimum absolute atomic E-state index is 0.454. The summed E-state index contributed by atoms with van der Waals surface area (Å²) in [5, 5.41) is 8.32. The van der Waals surface area contributed by atoms with Gasteiger partial charge in [-0.05, 0) is 78.3 Å². The molecule has 0 radical (unpaired) electrons. The van der Waals surface area contributed by atoms with Crippen molar-refractivity contribution in [1.29, 1.82) is 0 Å². The fraction of sp³-hybridized carbons (Fsp3) is 0.455. The SMILES string of the molecule is CN(C)c1nc(NC2CCC(CNCc3ccc(Br)s3)CC2)nc2ccccc12. The van der Waals surface area contributed by atoms with Gasteiger partial charge >= 0.3 is 0 Å². The van der Waals surface area contributed by atoms with Crippen LogP contribution >= 0.6 is 27.3 Å². The molecule has 2 N–H and O–H groups in total. The topological polar surface area (TPSA) is 53.1 Å². The number of fused-ring (bicyclic) bond motifs is 1. The molecule has 1 aliphatic carbocycles. The minimum atomic E-state index is 0.454. The van der Waals surface area contributed by atoms with E-state index in [1.807, 2.05) is 26.2 Å². The molecule has 2 aromatic heterocycles. The first-order chi connectivity index (χ1) is 14.1. The predicted octanol–water partition coefficient (Wildman–Crippen LogP) is 5.28. The van der Waals surface area contributed by atoms with Crippen molar-refractivity contribution in [2.24, 2.45) is 5.92 Å². The van der Waals surface area contributed by atoms with Crippen LogP contribution in [0.15, 0.2) is 40.2 Å². The molecule has 1 saturated carbocycles. The van der Waals surface area contributed by atoms with Gasteiger partial charge in [0.25, 0.3) is 0 Å². The molecule has 154 valence electrons. The molecule has 5 nitrogen and oxygen atoms in total. The van der Waals surface area contributed by atoms with Crippen molar-refractivity contribution in [3.63, 3.8) is 0 Å². The Morgan fingerprint density at radius 1 is 1.07 bits per heavy atom. The lowest BCUT2D eigenvalue weighted by atomic mass is 9.86. The van der Waals surface area contributed by atoms with Gasteiger partial charge in [0, 0.05) is 36.9 Å². The summed E-state index contributed by atoms with van der Waals surface area (Å²) in [6.07, 6.45) is 4.83. The van der Waals surface area contributed by atoms with Gasteiger partial charge in [-0.25, -0.2) is 4.98 Å². The smallest absolute Gasteiger partial charge is 0.225 e. The van der Waals surface area contributed by atoms with Gasteiger partial charge in [-0.3, -0.25) is 0 Å². The van der Waals surface area contributed by atoms with Gasteiger partial charge < -0.3 is 15.5 Å². The molecule has 1 aromatic carbocycles. The number of halogens is 1. The van der Waals surface area contributed by atoms with Gasteiger partial charge in [0.05, 0.1) is 9.30 Å². The summed E-state index contributed by atoms with van der Waals surface area (Å²) in [6.45, 7) is 2.06. The molecular weight excluding hydrogens is 446 g/mol. The molecule has 3 aromatic rings. The molecule has 2 heterocycles. The third-order valence-electron chi connectivity index (χ3n) is 5.55. The van der Waals surface area contributed by atoms with E-state index < -0.39 is 0 Å². The molecule has 29 heavy (non-hydrogen) atoms. The highest BCUT2D eigenvalue weighted by Crippen LogP contribution is 2.28. The number of para-hydroxylation sites is 1. The second-order valence-corrected chi connectivity index (χ2v) is 10.5. The van der Waals surface area contributed by atoms with E-state index in [0.717, 1.165) is 41.7 Å². The van der Waals surface area contributed by atoms with Gasteiger partial charge in [-0.2, -0.15) is 4.98 Å². The first-order valence-electron chi connectivity index (χ1n) is 10.2. The molecule has 1 fully saturated rings. The van der Waals surface area contributed by atoms with Crippen LogP contribution in [-0.4, -0.2) is 36.6 Å². The molecule has 0 amide bonds. The van der Waals surface area contributed by atoms with Crippen LogP contribution in [0.5, 0.6) is 0 Å². The Kier molecular flexibility index (Phi) is 6.67. The highest BCUT2D eigenvalue weighted by Gasteiger charge is 2.22. The van der Waals surface area contributed by atoms with Gasteiger partial charge in [0.15, 0.2) is 0 Å². The average molecular weight is 474 g/mol. The molecule has 0 atom stereocenters. The van der Waals surface area contributed by atoms with Gasteiger partial charge in [-0.15, -0.1) is 11.3 Å². The first-order valence-corrected chi connectivity index (χ1v) is 11.8. The standard InChI is InChI=1S/C22H28BrN5S/c1-28(2)21-18-5-3-4-6-19(18)26-22(27-21)25-16-9-7-15(8-10-16)13-24-14-17-11-12-20(23)29-17/h3-6,11-12,15-16,24H,7-10,13-14H2,1-2H3,(H,25,26,27). The normalized spacial score (nSPS) is 19.4. The summed E-state index contributed by atoms with van der Waals surface area (Å²) in [6, 6.07) is 13.0. The average Bonchev–Trinajstić information content (AvgIpc) is 3.13. The summed E-state index contributed by atoms with van der Waals surface area (Å²) < 4.78 is 1.20. The van der Waals surface area contributed by atoms with Gasteiger partial charge in [-0.1, -0.05) is 12.1 Å². The van der Waals surface area contributed by atoms with Crippen LogP contribution in [0.4, 0.5) is 11.8 Å². The van der Waals surface area contributed by atoms with E-state index in [-0.39, 0.29) is 0 Å². The highest BCUT2D eigenvalue weighted by molar-refractivity contribution is 9.11. The monoisotopic (exact) mass is 473 g/mol. The number of nitrogens with zero attached hydrogens (tertiary/aromatic N) is 3. The lowest BCUT2D eigenvalue weighted by molar-refractivity contribution is 0.324. The number of hydrogen-bond donors (Lipinski definition) is 2. The third kappa shape index (κ3) is 5.27. The molecule has 7 heteroatoms. The third-order valence-corrected chi connectivity index (χ3v) is 7.17. The zero-order valence-electron chi connectivity index (χ0n) is 17.0. The Bertz CT molecular complexity index is 949. The Morgan fingerprint density at radius 2 is 1.86 bits per heavy atom. The lowest BCUT2D eigenvalue weighted by Gasteiger charge is -2.29. The first kappa shape index (κ1) is 20.6. The maximum absolute atomic E-state index is 4.79. The van der Waals surface area contributed by atoms with Crippen molar-refractivity contribution in [3.8, 4) is 0 Å². The highest BCUT2D eigenvalue weighted by atomic mass is 79.9. The molecule has 4 rings (SSSR count). The number of rotatable bonds is 7. The minimum Gasteiger partial charge on any atom is -0.362 e. The van der Waals surface area contributed by atoms with Crippen molar-refractivity contribution >= 4 is 49.9 Å². The fourth-order valence-corrected chi connectivity index (χ4v) is 5.46. The summed E-state index contributed by atoms with van der Waals surface area (Å²) >= 11 is 5.34. The summed E-state index contributed by atoms with van der Waals surface area (Å²) in [5.41, 5.74) is 0.992. The molecule has 1 aliphatic rings. The van der Waals surface area contributed by atoms with E-state index in [4.69, 9.17) is 9.97 Å². The van der Waals surface area contributed by atoms with E-state index in [9.17, 15) is 0 Å². The van der Waals surface area contributed by atoms with Crippen molar-refractivity contribution in [2.45, 2.75) is 38.3 Å². The second kappa shape index (κ2) is 9.41. The Labute approximate surface area is 185 Å². The number of nitrogens with one attached hydrogen (secondary N) is 2. The largest absolute Gasteiger partial charge is 0.362 e. The molecule has 0 bridgehead atoms. The fourth-order valence-electron chi connectivity index (χ4n) is 4.01. The molecule has 0 unspecified atom stereocenters. The quantitative estimate of drug-likeness (QED) is 0.488. The van der Waals surface area contributed by atoms with Gasteiger partial charge in [0.1, 0.15) is 5.82 Å². The van der Waals surface area contributed by atoms with E-state index in [1.54, 1.807) is 11.3 Å². The van der Waals surface area contributed by atoms with Crippen LogP contribution < -0.4 is 15.5 Å². The Hall–Kier alpha value is -1.70. The van der Waals surface area contributed by atoms with Crippen LogP contribution in [0.1, 0.15) is 30.6 Å². The predicted molar refractivity (Wildman–Crippen MR) is 127 cm³/mol. The van der Waals surface area contributed by atoms with E-state index in [0.29, 0.717) is 6.04 Å². The maximum Gasteiger partial charge on any atom is 0.225 e. The van der Waals surface area contributed by atoms with Crippen LogP contribution in [0.3, 0.4) is 0 Å². The number of aromatic nitrogens is 2. The number of anilines is 2. The van der Waals surface area contributed by atoms with Crippen LogP contribution in [-0.2, 0) is 6.54 Å². The van der Waals surface area contributed by atoms with Crippen molar-refractivity contribution in [1.82, 2.24) is 15.3 Å². The van der Waals surface area contributed by atoms with E-state index in [1.165, 1.54) is 34.3 Å². The van der Waals surface area contributed by atoms with Crippen LogP contribution in [0, 0.1) is 5.92 Å². The molecule has 0 saturated heterocycles. The van der Waals surface area contributed by atoms with Crippen molar-refractivity contribution in [2.75, 3.05) is 30.9 Å². The van der Waals surface area contributed by atoms with Gasteiger partial charge in [0.2, 0.25) is 5.95 Å². The summed E-state index contributed by atoms with van der Waals surface area (Å²) in [7, 11) is 4.07. The maximum atomic E-state index is 4.79. The van der Waals surface area contributed by atoms with Crippen LogP contribution in [0.2, 0.25) is 0 Å². The van der Waals surface area contributed by atoms with Crippen molar-refractivity contribution in [3.05, 3.63) is 45.1 Å². The number of benzene rings is 1. The summed E-state index contributed by atoms with van der Waals surface area (Å²) in [4.78, 5) is 13.0. The molecule has 0 aliphatic heterocycles. The number of hydrogen-bond acceptors (Lipinski definition) is 6. The van der Waals surface area contributed by atoms with Crippen LogP contribution in [0.25, 0.3) is 10.9 Å². The Morgan fingerprint density at radius 3 is 2.59 bits per heavy atom. The van der Waals surface area contributed by atoms with Crippen molar-refractivity contribution < 1.29 is 0 Å².